The smallest absolute Gasteiger partial charge is 0.137 e. The van der Waals surface area contributed by atoms with Crippen molar-refractivity contribution < 1.29 is 8.78 Å². The van der Waals surface area contributed by atoms with Crippen molar-refractivity contribution in [1.29, 1.82) is 0 Å². The second kappa shape index (κ2) is 5.72. The van der Waals surface area contributed by atoms with Crippen molar-refractivity contribution in [3.63, 3.8) is 0 Å². The van der Waals surface area contributed by atoms with Crippen LogP contribution < -0.4 is 0 Å². The van der Waals surface area contributed by atoms with Gasteiger partial charge < -0.3 is 0 Å². The van der Waals surface area contributed by atoms with Crippen molar-refractivity contribution in [2.24, 2.45) is 0 Å². The molecule has 0 rings (SSSR count). The molecule has 0 saturated heterocycles. The third-order valence-corrected chi connectivity index (χ3v) is 0.316. The number of hydrogen-bond acceptors (Lipinski definition) is 0. The van der Waals surface area contributed by atoms with E-state index in [-0.39, 0.29) is 12.7 Å². The van der Waals surface area contributed by atoms with E-state index in [2.05, 4.69) is 0 Å². The van der Waals surface area contributed by atoms with Gasteiger partial charge in [-0.15, -0.1) is 0 Å². The van der Waals surface area contributed by atoms with Gasteiger partial charge in [-0.3, -0.25) is 0 Å². The normalized spacial score (nSPS) is 4.75. The zero-order valence-electron chi connectivity index (χ0n) is 3.91. The summed E-state index contributed by atoms with van der Waals surface area (Å²) in [4.78, 5) is 0. The van der Waals surface area contributed by atoms with Gasteiger partial charge in [0.1, 0.15) is 12.7 Å². The minimum Gasteiger partial charge on any atom is -0.206 e. The quantitative estimate of drug-likeness (QED) is 0.420. The number of hydrogen-bond donors (Lipinski definition) is 0. The fourth-order valence-electron chi connectivity index (χ4n) is 0.127. The first kappa shape index (κ1) is 6.72. The zero-order chi connectivity index (χ0) is 6.24. The van der Waals surface area contributed by atoms with Crippen LogP contribution in [0, 0.1) is 0 Å². The first-order chi connectivity index (χ1) is 3.91. The Morgan fingerprint density at radius 3 is 1.50 bits per heavy atom. The van der Waals surface area contributed by atoms with Gasteiger partial charge >= 0.3 is 0 Å². The Morgan fingerprint density at radius 2 is 1.25 bits per heavy atom. The molecule has 0 aliphatic rings. The summed E-state index contributed by atoms with van der Waals surface area (Å²) in [6.07, 6.45) is 0.291. The predicted octanol–water partition coefficient (Wildman–Crippen LogP) is 2.02. The minimum absolute atomic E-state index is 0.146. The third kappa shape index (κ3) is 4.72. The Morgan fingerprint density at radius 1 is 0.875 bits per heavy atom. The van der Waals surface area contributed by atoms with E-state index in [1.54, 1.807) is 0 Å². The second-order valence-electron chi connectivity index (χ2n) is 0.757. The molecular formula is C6H2F2. The number of rotatable bonds is 0. The van der Waals surface area contributed by atoms with Crippen LogP contribution >= 0.6 is 0 Å². The summed E-state index contributed by atoms with van der Waals surface area (Å²) in [6.45, 7) is 0. The molecule has 40 valence electrons. The van der Waals surface area contributed by atoms with Gasteiger partial charge in [0.25, 0.3) is 0 Å². The molecule has 0 nitrogen and oxygen atoms in total. The largest absolute Gasteiger partial charge is 0.206 e. The molecule has 0 aromatic rings. The van der Waals surface area contributed by atoms with Crippen LogP contribution in [0.15, 0.2) is 35.6 Å². The van der Waals surface area contributed by atoms with E-state index in [0.29, 0.717) is 0 Å². The lowest BCUT2D eigenvalue weighted by Gasteiger charge is -1.42. The average molecular weight is 112 g/mol. The first-order valence-corrected chi connectivity index (χ1v) is 1.76. The topological polar surface area (TPSA) is 0 Å². The maximum absolute atomic E-state index is 11.0. The summed E-state index contributed by atoms with van der Waals surface area (Å²) in [5.74, 6) is 0. The van der Waals surface area contributed by atoms with Crippen molar-refractivity contribution in [2.45, 2.75) is 0 Å². The molecular weight excluding hydrogens is 110 g/mol. The highest BCUT2D eigenvalue weighted by Gasteiger charge is 1.42. The molecule has 0 aromatic carbocycles. The summed E-state index contributed by atoms with van der Waals surface area (Å²) >= 11 is 0. The maximum atomic E-state index is 11.0. The van der Waals surface area contributed by atoms with Crippen molar-refractivity contribution in [2.75, 3.05) is 0 Å². The highest BCUT2D eigenvalue weighted by Crippen LogP contribution is 1.62. The van der Waals surface area contributed by atoms with Crippen LogP contribution in [0.2, 0.25) is 0 Å². The van der Waals surface area contributed by atoms with Gasteiger partial charge in [-0.1, -0.05) is 0 Å². The standard InChI is InChI=1S/C6H2F2/c7-5-3-1-2-4-6-8/h5-6H. The minimum atomic E-state index is 0.146. The van der Waals surface area contributed by atoms with E-state index in [9.17, 15) is 8.78 Å². The van der Waals surface area contributed by atoms with Crippen molar-refractivity contribution >= 4 is 0 Å². The van der Waals surface area contributed by atoms with Crippen LogP contribution in [0.5, 0.6) is 0 Å². The monoisotopic (exact) mass is 112 g/mol. The molecule has 0 aliphatic carbocycles. The Kier molecular flexibility index (Phi) is 4.80. The Labute approximate surface area is 45.4 Å². The summed E-state index contributed by atoms with van der Waals surface area (Å²) in [6, 6.07) is 0. The predicted molar refractivity (Wildman–Crippen MR) is 25.4 cm³/mol. The van der Waals surface area contributed by atoms with Crippen molar-refractivity contribution in [3.05, 3.63) is 35.6 Å². The van der Waals surface area contributed by atoms with Crippen LogP contribution in [-0.2, 0) is 0 Å². The molecule has 0 spiro atoms. The average Bonchev–Trinajstić information content (AvgIpc) is 1.81. The van der Waals surface area contributed by atoms with Gasteiger partial charge in [0.15, 0.2) is 0 Å². The van der Waals surface area contributed by atoms with Crippen LogP contribution in [-0.4, -0.2) is 0 Å². The van der Waals surface area contributed by atoms with Gasteiger partial charge in [0, 0.05) is 0 Å². The highest BCUT2D eigenvalue weighted by molar-refractivity contribution is 4.83. The van der Waals surface area contributed by atoms with Crippen molar-refractivity contribution in [1.82, 2.24) is 0 Å². The molecule has 2 heteroatoms. The van der Waals surface area contributed by atoms with Gasteiger partial charge in [0.05, 0.1) is 0 Å². The molecule has 8 heavy (non-hydrogen) atoms. The fourth-order valence-corrected chi connectivity index (χ4v) is 0.127. The van der Waals surface area contributed by atoms with Crippen LogP contribution in [0.25, 0.3) is 0 Å². The third-order valence-electron chi connectivity index (χ3n) is 0.316. The van der Waals surface area contributed by atoms with Gasteiger partial charge in [-0.2, -0.15) is 0 Å². The van der Waals surface area contributed by atoms with E-state index in [0.717, 1.165) is 0 Å². The van der Waals surface area contributed by atoms with Crippen molar-refractivity contribution in [3.8, 4) is 0 Å². The van der Waals surface area contributed by atoms with E-state index in [1.165, 1.54) is 0 Å². The SMILES string of the molecule is FC=C=C=C=C=CF. The van der Waals surface area contributed by atoms with Gasteiger partial charge in [-0.25, -0.2) is 8.78 Å². The molecule has 0 N–H and O–H groups in total. The molecule has 0 unspecified atom stereocenters. The fraction of sp³-hybridized carbons (Fsp3) is 0. The molecule has 0 amide bonds. The highest BCUT2D eigenvalue weighted by atomic mass is 19.1. The van der Waals surface area contributed by atoms with Crippen LogP contribution in [0.1, 0.15) is 0 Å². The lowest BCUT2D eigenvalue weighted by atomic mass is 10.7. The molecule has 0 bridgehead atoms. The lowest BCUT2D eigenvalue weighted by molar-refractivity contribution is 0.722. The molecule has 0 aliphatic heterocycles. The summed E-state index contributed by atoms with van der Waals surface area (Å²) < 4.78 is 21.9. The zero-order valence-corrected chi connectivity index (χ0v) is 3.91. The first-order valence-electron chi connectivity index (χ1n) is 1.76. The van der Waals surface area contributed by atoms with E-state index < -0.39 is 0 Å². The number of halogens is 2. The lowest BCUT2D eigenvalue weighted by Crippen LogP contribution is -1.23. The van der Waals surface area contributed by atoms with E-state index in [4.69, 9.17) is 0 Å². The summed E-state index contributed by atoms with van der Waals surface area (Å²) in [7, 11) is 0. The summed E-state index contributed by atoms with van der Waals surface area (Å²) in [5, 5.41) is 0. The van der Waals surface area contributed by atoms with Gasteiger partial charge in [0.2, 0.25) is 0 Å². The Balaban J connectivity index is 4.48. The molecule has 0 fully saturated rings. The molecule has 0 heterocycles. The molecule has 0 atom stereocenters. The van der Waals surface area contributed by atoms with Crippen LogP contribution in [0.3, 0.4) is 0 Å². The van der Waals surface area contributed by atoms with E-state index in [1.807, 2.05) is 22.9 Å². The maximum Gasteiger partial charge on any atom is 0.137 e. The summed E-state index contributed by atoms with van der Waals surface area (Å²) in [5.41, 5.74) is 7.81. The Hall–Kier alpha value is -1.28. The molecule has 0 aromatic heterocycles. The van der Waals surface area contributed by atoms with Gasteiger partial charge in [-0.05, 0) is 22.9 Å². The van der Waals surface area contributed by atoms with Crippen LogP contribution in [0.4, 0.5) is 8.78 Å². The second-order valence-corrected chi connectivity index (χ2v) is 0.757. The van der Waals surface area contributed by atoms with E-state index >= 15 is 0 Å². The molecule has 0 radical (unpaired) electrons. The molecule has 0 saturated carbocycles. The Bertz CT molecular complexity index is 179.